The fourth-order valence-corrected chi connectivity index (χ4v) is 2.99. The van der Waals surface area contributed by atoms with Gasteiger partial charge in [-0.05, 0) is 11.1 Å². The Hall–Kier alpha value is -3.45. The van der Waals surface area contributed by atoms with E-state index in [-0.39, 0.29) is 18.9 Å². The predicted molar refractivity (Wildman–Crippen MR) is 105 cm³/mol. The molecule has 1 fully saturated rings. The number of nitrogens with zero attached hydrogens (tertiary/aromatic N) is 2. The highest BCUT2D eigenvalue weighted by Crippen LogP contribution is 2.25. The van der Waals surface area contributed by atoms with Gasteiger partial charge in [-0.3, -0.25) is 9.59 Å². The average molecular weight is 394 g/mol. The molecular weight excluding hydrogens is 372 g/mol. The largest absolute Gasteiger partial charge is 0.457 e. The van der Waals surface area contributed by atoms with Gasteiger partial charge < -0.3 is 9.84 Å². The van der Waals surface area contributed by atoms with E-state index in [4.69, 9.17) is 4.74 Å². The van der Waals surface area contributed by atoms with Gasteiger partial charge in [0.15, 0.2) is 0 Å². The van der Waals surface area contributed by atoms with Gasteiger partial charge in [0.25, 0.3) is 0 Å². The Kier molecular flexibility index (Phi) is 6.41. The maximum atomic E-state index is 12.3. The van der Waals surface area contributed by atoms with Gasteiger partial charge in [0.2, 0.25) is 18.0 Å². The molecule has 2 unspecified atom stereocenters. The molecule has 0 saturated carbocycles. The first-order valence-electron chi connectivity index (χ1n) is 9.21. The molecule has 1 saturated heterocycles. The Morgan fingerprint density at radius 2 is 1.79 bits per heavy atom. The fraction of sp³-hybridized carbons (Fsp3) is 0.227. The minimum absolute atomic E-state index is 0.0479. The number of amides is 2. The number of β-lactam (4-membered cyclic amide) rings is 1. The average Bonchev–Trinajstić information content (AvgIpc) is 2.73. The first-order valence-corrected chi connectivity index (χ1v) is 9.21. The van der Waals surface area contributed by atoms with E-state index in [9.17, 15) is 19.5 Å². The molecule has 2 amide bonds. The molecule has 1 heterocycles. The first-order chi connectivity index (χ1) is 14.0. The zero-order chi connectivity index (χ0) is 20.8. The van der Waals surface area contributed by atoms with E-state index in [1.54, 1.807) is 30.3 Å². The molecule has 150 valence electrons. The lowest BCUT2D eigenvalue weighted by Gasteiger charge is -2.46. The van der Waals surface area contributed by atoms with E-state index in [0.29, 0.717) is 0 Å². The van der Waals surface area contributed by atoms with Crippen LogP contribution >= 0.6 is 0 Å². The summed E-state index contributed by atoms with van der Waals surface area (Å²) in [6.45, 7) is 1.13. The molecule has 0 bridgehead atoms. The summed E-state index contributed by atoms with van der Waals surface area (Å²) in [6.07, 6.45) is 1.85. The lowest BCUT2D eigenvalue weighted by Crippen LogP contribution is -2.65. The molecule has 2 aromatic carbocycles. The second-order valence-electron chi connectivity index (χ2n) is 6.61. The van der Waals surface area contributed by atoms with Crippen LogP contribution in [0.1, 0.15) is 24.5 Å². The number of aliphatic hydroxyl groups is 1. The van der Waals surface area contributed by atoms with Crippen LogP contribution < -0.4 is 0 Å². The number of carbonyl (C=O) groups is 3. The number of rotatable bonds is 7. The summed E-state index contributed by atoms with van der Waals surface area (Å²) in [5.41, 5.74) is 1.68. The minimum atomic E-state index is -1.91. The van der Waals surface area contributed by atoms with Crippen molar-refractivity contribution in [3.05, 3.63) is 77.9 Å². The quantitative estimate of drug-likeness (QED) is 0.442. The summed E-state index contributed by atoms with van der Waals surface area (Å²) in [5, 5.41) is 12.2. The van der Waals surface area contributed by atoms with Crippen LogP contribution in [0.3, 0.4) is 0 Å². The van der Waals surface area contributed by atoms with E-state index in [2.05, 4.69) is 0 Å². The highest BCUT2D eigenvalue weighted by Gasteiger charge is 2.44. The molecule has 0 aliphatic carbocycles. The molecular formula is C22H22N2O5. The van der Waals surface area contributed by atoms with Crippen LogP contribution in [0, 0.1) is 0 Å². The zero-order valence-corrected chi connectivity index (χ0v) is 16.0. The van der Waals surface area contributed by atoms with E-state index in [0.717, 1.165) is 21.1 Å². The van der Waals surface area contributed by atoms with Gasteiger partial charge in [0.1, 0.15) is 6.61 Å². The number of esters is 1. The Morgan fingerprint density at radius 1 is 1.17 bits per heavy atom. The summed E-state index contributed by atoms with van der Waals surface area (Å²) in [4.78, 5) is 36.5. The molecule has 0 spiro atoms. The lowest BCUT2D eigenvalue weighted by atomic mass is 10.0. The Balaban J connectivity index is 1.68. The monoisotopic (exact) mass is 394 g/mol. The predicted octanol–water partition coefficient (Wildman–Crippen LogP) is 2.13. The molecule has 7 heteroatoms. The van der Waals surface area contributed by atoms with Crippen molar-refractivity contribution in [2.75, 3.05) is 0 Å². The van der Waals surface area contributed by atoms with Crippen LogP contribution in [0.25, 0.3) is 6.08 Å². The summed E-state index contributed by atoms with van der Waals surface area (Å²) >= 11 is 0. The second-order valence-corrected chi connectivity index (χ2v) is 6.61. The lowest BCUT2D eigenvalue weighted by molar-refractivity contribution is -0.212. The van der Waals surface area contributed by atoms with Crippen LogP contribution in [0.5, 0.6) is 0 Å². The first kappa shape index (κ1) is 20.3. The van der Waals surface area contributed by atoms with Crippen LogP contribution in [0.2, 0.25) is 0 Å². The van der Waals surface area contributed by atoms with Crippen molar-refractivity contribution in [1.29, 1.82) is 0 Å². The molecule has 0 radical (unpaired) electrons. The van der Waals surface area contributed by atoms with Crippen molar-refractivity contribution >= 4 is 23.9 Å². The van der Waals surface area contributed by atoms with E-state index in [1.165, 1.54) is 6.92 Å². The molecule has 2 aromatic rings. The zero-order valence-electron chi connectivity index (χ0n) is 16.0. The maximum Gasteiger partial charge on any atom is 0.358 e. The third-order valence-electron chi connectivity index (χ3n) is 4.48. The molecule has 1 aliphatic rings. The van der Waals surface area contributed by atoms with Gasteiger partial charge in [0.05, 0.1) is 12.5 Å². The second kappa shape index (κ2) is 9.16. The van der Waals surface area contributed by atoms with Crippen molar-refractivity contribution in [2.45, 2.75) is 32.2 Å². The number of ether oxygens (including phenoxy) is 1. The SMILES string of the molecule is CC(=O)N(C(O)C(=O)OCc1ccccc1)N1C(=O)CC1C=Cc1ccccc1. The summed E-state index contributed by atoms with van der Waals surface area (Å²) in [6, 6.07) is 18.0. The molecule has 1 N–H and O–H groups in total. The highest BCUT2D eigenvalue weighted by molar-refractivity contribution is 5.89. The molecule has 0 aromatic heterocycles. The Bertz CT molecular complexity index is 898. The van der Waals surface area contributed by atoms with Gasteiger partial charge in [0, 0.05) is 6.92 Å². The van der Waals surface area contributed by atoms with Crippen molar-refractivity contribution in [3.8, 4) is 0 Å². The number of hydrazine groups is 1. The van der Waals surface area contributed by atoms with Gasteiger partial charge in [-0.25, -0.2) is 14.8 Å². The van der Waals surface area contributed by atoms with Crippen molar-refractivity contribution in [3.63, 3.8) is 0 Å². The van der Waals surface area contributed by atoms with Crippen molar-refractivity contribution in [2.24, 2.45) is 0 Å². The molecule has 1 aliphatic heterocycles. The number of carbonyl (C=O) groups excluding carboxylic acids is 3. The smallest absolute Gasteiger partial charge is 0.358 e. The van der Waals surface area contributed by atoms with Crippen LogP contribution in [0.15, 0.2) is 66.7 Å². The highest BCUT2D eigenvalue weighted by atomic mass is 16.6. The van der Waals surface area contributed by atoms with E-state index >= 15 is 0 Å². The molecule has 29 heavy (non-hydrogen) atoms. The van der Waals surface area contributed by atoms with Crippen LogP contribution in [0.4, 0.5) is 0 Å². The third kappa shape index (κ3) is 4.89. The molecule has 3 rings (SSSR count). The molecule has 2 atom stereocenters. The van der Waals surface area contributed by atoms with Crippen LogP contribution in [-0.4, -0.2) is 45.2 Å². The van der Waals surface area contributed by atoms with Gasteiger partial charge in [-0.1, -0.05) is 72.8 Å². The standard InChI is InChI=1S/C22H22N2O5/c1-16(25)23(21(27)22(28)29-15-18-10-6-3-7-11-18)24-19(14-20(24)26)13-12-17-8-4-2-5-9-17/h2-13,19,21,27H,14-15H2,1H3. The van der Waals surface area contributed by atoms with Gasteiger partial charge in [-0.15, -0.1) is 0 Å². The number of hydrogen-bond acceptors (Lipinski definition) is 5. The minimum Gasteiger partial charge on any atom is -0.457 e. The van der Waals surface area contributed by atoms with E-state index in [1.807, 2.05) is 42.5 Å². The maximum absolute atomic E-state index is 12.3. The number of hydrogen-bond donors (Lipinski definition) is 1. The Labute approximate surface area is 168 Å². The number of aliphatic hydroxyl groups excluding tert-OH is 1. The molecule has 7 nitrogen and oxygen atoms in total. The third-order valence-corrected chi connectivity index (χ3v) is 4.48. The Morgan fingerprint density at radius 3 is 2.38 bits per heavy atom. The normalized spacial score (nSPS) is 17.0. The topological polar surface area (TPSA) is 87.2 Å². The van der Waals surface area contributed by atoms with Crippen molar-refractivity contribution in [1.82, 2.24) is 10.0 Å². The summed E-state index contributed by atoms with van der Waals surface area (Å²) in [5.74, 6) is -2.01. The summed E-state index contributed by atoms with van der Waals surface area (Å²) < 4.78 is 5.10. The van der Waals surface area contributed by atoms with Crippen LogP contribution in [-0.2, 0) is 25.7 Å². The fourth-order valence-electron chi connectivity index (χ4n) is 2.99. The van der Waals surface area contributed by atoms with Crippen molar-refractivity contribution < 1.29 is 24.2 Å². The van der Waals surface area contributed by atoms with Gasteiger partial charge in [-0.2, -0.15) is 0 Å². The number of benzene rings is 2. The summed E-state index contributed by atoms with van der Waals surface area (Å²) in [7, 11) is 0. The van der Waals surface area contributed by atoms with Gasteiger partial charge >= 0.3 is 5.97 Å². The van der Waals surface area contributed by atoms with E-state index < -0.39 is 24.1 Å².